The predicted molar refractivity (Wildman–Crippen MR) is 69.2 cm³/mol. The van der Waals surface area contributed by atoms with E-state index in [2.05, 4.69) is 5.32 Å². The monoisotopic (exact) mass is 261 g/mol. The Hall–Kier alpha value is -0.280. The summed E-state index contributed by atoms with van der Waals surface area (Å²) in [7, 11) is 0. The SMILES string of the molecule is CC(C)NCC(C)(O)c1cccc(Cl)c1Cl. The van der Waals surface area contributed by atoms with Crippen molar-refractivity contribution in [1.82, 2.24) is 5.32 Å². The van der Waals surface area contributed by atoms with E-state index in [1.54, 1.807) is 25.1 Å². The van der Waals surface area contributed by atoms with Crippen molar-refractivity contribution in [3.63, 3.8) is 0 Å². The zero-order valence-corrected chi connectivity index (χ0v) is 11.2. The fourth-order valence-corrected chi connectivity index (χ4v) is 1.92. The molecule has 0 radical (unpaired) electrons. The lowest BCUT2D eigenvalue weighted by Gasteiger charge is -2.26. The Labute approximate surface area is 107 Å². The summed E-state index contributed by atoms with van der Waals surface area (Å²) in [6.45, 7) is 6.20. The van der Waals surface area contributed by atoms with Crippen LogP contribution in [0.1, 0.15) is 26.3 Å². The van der Waals surface area contributed by atoms with Crippen molar-refractivity contribution in [2.24, 2.45) is 0 Å². The lowest BCUT2D eigenvalue weighted by molar-refractivity contribution is 0.0550. The standard InChI is InChI=1S/C12H17Cl2NO/c1-8(2)15-7-12(3,16)9-5-4-6-10(13)11(9)14/h4-6,8,15-16H,7H2,1-3H3. The summed E-state index contributed by atoms with van der Waals surface area (Å²) in [5.74, 6) is 0. The molecule has 0 fully saturated rings. The third kappa shape index (κ3) is 3.36. The highest BCUT2D eigenvalue weighted by Crippen LogP contribution is 2.32. The predicted octanol–water partition coefficient (Wildman–Crippen LogP) is 3.20. The highest BCUT2D eigenvalue weighted by molar-refractivity contribution is 6.42. The molecule has 2 N–H and O–H groups in total. The van der Waals surface area contributed by atoms with Crippen LogP contribution in [0.15, 0.2) is 18.2 Å². The third-order valence-electron chi connectivity index (χ3n) is 2.39. The van der Waals surface area contributed by atoms with Crippen LogP contribution in [0, 0.1) is 0 Å². The summed E-state index contributed by atoms with van der Waals surface area (Å²) in [6, 6.07) is 5.59. The second kappa shape index (κ2) is 5.37. The molecule has 0 heterocycles. The van der Waals surface area contributed by atoms with Gasteiger partial charge in [-0.05, 0) is 13.0 Å². The molecule has 1 rings (SSSR count). The number of halogens is 2. The number of rotatable bonds is 4. The molecule has 0 aliphatic heterocycles. The Bertz CT molecular complexity index is 364. The van der Waals surface area contributed by atoms with Crippen LogP contribution in [0.5, 0.6) is 0 Å². The highest BCUT2D eigenvalue weighted by Gasteiger charge is 2.26. The van der Waals surface area contributed by atoms with Crippen LogP contribution >= 0.6 is 23.2 Å². The zero-order valence-electron chi connectivity index (χ0n) is 9.72. The van der Waals surface area contributed by atoms with Gasteiger partial charge in [-0.2, -0.15) is 0 Å². The Balaban J connectivity index is 2.93. The normalized spacial score (nSPS) is 15.2. The number of aliphatic hydroxyl groups is 1. The van der Waals surface area contributed by atoms with Gasteiger partial charge in [0.15, 0.2) is 0 Å². The largest absolute Gasteiger partial charge is 0.384 e. The molecule has 1 atom stereocenters. The van der Waals surface area contributed by atoms with Crippen molar-refractivity contribution in [3.8, 4) is 0 Å². The first-order chi connectivity index (χ1) is 7.34. The van der Waals surface area contributed by atoms with Crippen LogP contribution in [-0.2, 0) is 5.60 Å². The first-order valence-corrected chi connectivity index (χ1v) is 6.00. The molecule has 0 aliphatic carbocycles. The first kappa shape index (κ1) is 13.8. The Morgan fingerprint density at radius 3 is 2.56 bits per heavy atom. The minimum atomic E-state index is -1.02. The lowest BCUT2D eigenvalue weighted by atomic mass is 9.95. The first-order valence-electron chi connectivity index (χ1n) is 5.25. The van der Waals surface area contributed by atoms with E-state index in [1.165, 1.54) is 0 Å². The van der Waals surface area contributed by atoms with E-state index in [0.29, 0.717) is 28.2 Å². The van der Waals surface area contributed by atoms with Crippen LogP contribution < -0.4 is 5.32 Å². The summed E-state index contributed by atoms with van der Waals surface area (Å²) in [4.78, 5) is 0. The van der Waals surface area contributed by atoms with Crippen LogP contribution in [0.25, 0.3) is 0 Å². The third-order valence-corrected chi connectivity index (χ3v) is 3.21. The molecule has 0 spiro atoms. The molecule has 1 aromatic rings. The molecule has 0 aromatic heterocycles. The molecule has 0 amide bonds. The molecule has 4 heteroatoms. The summed E-state index contributed by atoms with van der Waals surface area (Å²) in [5.41, 5.74) is -0.374. The summed E-state index contributed by atoms with van der Waals surface area (Å²) in [5, 5.41) is 14.4. The van der Waals surface area contributed by atoms with E-state index in [4.69, 9.17) is 23.2 Å². The fourth-order valence-electron chi connectivity index (χ4n) is 1.42. The van der Waals surface area contributed by atoms with Crippen molar-refractivity contribution >= 4 is 23.2 Å². The van der Waals surface area contributed by atoms with E-state index in [0.717, 1.165) is 0 Å². The van der Waals surface area contributed by atoms with Gasteiger partial charge in [0, 0.05) is 18.2 Å². The molecule has 2 nitrogen and oxygen atoms in total. The van der Waals surface area contributed by atoms with Gasteiger partial charge >= 0.3 is 0 Å². The van der Waals surface area contributed by atoms with Crippen molar-refractivity contribution in [2.45, 2.75) is 32.4 Å². The van der Waals surface area contributed by atoms with Gasteiger partial charge in [-0.25, -0.2) is 0 Å². The molecule has 0 saturated heterocycles. The van der Waals surface area contributed by atoms with Crippen LogP contribution in [0.3, 0.4) is 0 Å². The smallest absolute Gasteiger partial charge is 0.101 e. The highest BCUT2D eigenvalue weighted by atomic mass is 35.5. The van der Waals surface area contributed by atoms with Crippen LogP contribution in [0.4, 0.5) is 0 Å². The van der Waals surface area contributed by atoms with Crippen molar-refractivity contribution in [2.75, 3.05) is 6.54 Å². The molecule has 16 heavy (non-hydrogen) atoms. The molecule has 1 aromatic carbocycles. The molecule has 0 saturated carbocycles. The summed E-state index contributed by atoms with van der Waals surface area (Å²) in [6.07, 6.45) is 0. The van der Waals surface area contributed by atoms with Gasteiger partial charge in [-0.3, -0.25) is 0 Å². The molecular weight excluding hydrogens is 245 g/mol. The average molecular weight is 262 g/mol. The van der Waals surface area contributed by atoms with E-state index in [1.807, 2.05) is 13.8 Å². The second-order valence-corrected chi connectivity index (χ2v) is 5.20. The van der Waals surface area contributed by atoms with Gasteiger partial charge in [-0.15, -0.1) is 0 Å². The Morgan fingerprint density at radius 2 is 2.00 bits per heavy atom. The molecule has 90 valence electrons. The number of benzene rings is 1. The van der Waals surface area contributed by atoms with Gasteiger partial charge < -0.3 is 10.4 Å². The topological polar surface area (TPSA) is 32.3 Å². The van der Waals surface area contributed by atoms with Crippen LogP contribution in [0.2, 0.25) is 10.0 Å². The van der Waals surface area contributed by atoms with E-state index in [-0.39, 0.29) is 0 Å². The Morgan fingerprint density at radius 1 is 1.38 bits per heavy atom. The maximum absolute atomic E-state index is 10.3. The molecule has 0 aliphatic rings. The number of nitrogens with one attached hydrogen (secondary N) is 1. The van der Waals surface area contributed by atoms with Gasteiger partial charge in [0.2, 0.25) is 0 Å². The minimum Gasteiger partial charge on any atom is -0.384 e. The number of hydrogen-bond donors (Lipinski definition) is 2. The lowest BCUT2D eigenvalue weighted by Crippen LogP contribution is -2.38. The van der Waals surface area contributed by atoms with Gasteiger partial charge in [0.1, 0.15) is 5.60 Å². The quantitative estimate of drug-likeness (QED) is 0.873. The van der Waals surface area contributed by atoms with E-state index in [9.17, 15) is 5.11 Å². The molecule has 1 unspecified atom stereocenters. The Kier molecular flexibility index (Phi) is 4.62. The van der Waals surface area contributed by atoms with Crippen molar-refractivity contribution in [1.29, 1.82) is 0 Å². The maximum Gasteiger partial charge on any atom is 0.101 e. The average Bonchev–Trinajstić information content (AvgIpc) is 2.19. The second-order valence-electron chi connectivity index (χ2n) is 4.41. The van der Waals surface area contributed by atoms with Gasteiger partial charge in [0.05, 0.1) is 10.0 Å². The summed E-state index contributed by atoms with van der Waals surface area (Å²) < 4.78 is 0. The van der Waals surface area contributed by atoms with Crippen LogP contribution in [-0.4, -0.2) is 17.7 Å². The number of hydrogen-bond acceptors (Lipinski definition) is 2. The fraction of sp³-hybridized carbons (Fsp3) is 0.500. The molecular formula is C12H17Cl2NO. The zero-order chi connectivity index (χ0) is 12.3. The van der Waals surface area contributed by atoms with Gasteiger partial charge in [-0.1, -0.05) is 49.2 Å². The van der Waals surface area contributed by atoms with E-state index < -0.39 is 5.60 Å². The maximum atomic E-state index is 10.3. The van der Waals surface area contributed by atoms with Crippen molar-refractivity contribution in [3.05, 3.63) is 33.8 Å². The molecule has 0 bridgehead atoms. The van der Waals surface area contributed by atoms with Crippen molar-refractivity contribution < 1.29 is 5.11 Å². The van der Waals surface area contributed by atoms with Gasteiger partial charge in [0.25, 0.3) is 0 Å². The minimum absolute atomic E-state index is 0.310. The van der Waals surface area contributed by atoms with E-state index >= 15 is 0 Å². The summed E-state index contributed by atoms with van der Waals surface area (Å²) >= 11 is 12.0.